The average molecular weight is 475 g/mol. The number of nitrogens with zero attached hydrogens (tertiary/aromatic N) is 2. The van der Waals surface area contributed by atoms with Crippen molar-refractivity contribution in [2.45, 2.75) is 58.7 Å². The van der Waals surface area contributed by atoms with Gasteiger partial charge in [-0.15, -0.1) is 0 Å². The first-order valence-electron chi connectivity index (χ1n) is 12.0. The molecular weight excluding hydrogens is 436 g/mol. The van der Waals surface area contributed by atoms with Gasteiger partial charge in [0.25, 0.3) is 5.91 Å². The smallest absolute Gasteiger partial charge is 0.317 e. The number of urea groups is 1. The van der Waals surface area contributed by atoms with Crippen LogP contribution in [0.15, 0.2) is 18.2 Å². The summed E-state index contributed by atoms with van der Waals surface area (Å²) < 4.78 is 11.8. The molecule has 0 aromatic heterocycles. The molecule has 0 unspecified atom stereocenters. The number of carbonyl (C=O) groups is 3. The number of anilines is 1. The van der Waals surface area contributed by atoms with Gasteiger partial charge >= 0.3 is 6.03 Å². The second-order valence-electron chi connectivity index (χ2n) is 9.83. The average Bonchev–Trinajstić information content (AvgIpc) is 3.63. The van der Waals surface area contributed by atoms with Gasteiger partial charge in [0, 0.05) is 56.9 Å². The van der Waals surface area contributed by atoms with E-state index in [-0.39, 0.29) is 54.5 Å². The second kappa shape index (κ2) is 11.1. The lowest BCUT2D eigenvalue weighted by atomic mass is 10.0. The van der Waals surface area contributed by atoms with Crippen LogP contribution in [0.1, 0.15) is 50.9 Å². The Balaban J connectivity index is 1.92. The summed E-state index contributed by atoms with van der Waals surface area (Å²) in [5.74, 6) is 0.227. The van der Waals surface area contributed by atoms with Crippen molar-refractivity contribution >= 4 is 23.5 Å². The molecule has 34 heavy (non-hydrogen) atoms. The van der Waals surface area contributed by atoms with Crippen molar-refractivity contribution in [3.63, 3.8) is 0 Å². The molecule has 0 spiro atoms. The Labute approximate surface area is 202 Å². The lowest BCUT2D eigenvalue weighted by Crippen LogP contribution is -2.52. The highest BCUT2D eigenvalue weighted by Gasteiger charge is 2.32. The monoisotopic (exact) mass is 474 g/mol. The third kappa shape index (κ3) is 6.40. The molecule has 1 aliphatic carbocycles. The highest BCUT2D eigenvalue weighted by Crippen LogP contribution is 2.32. The fourth-order valence-corrected chi connectivity index (χ4v) is 4.05. The Hall–Kier alpha value is -2.81. The van der Waals surface area contributed by atoms with Gasteiger partial charge < -0.3 is 29.9 Å². The van der Waals surface area contributed by atoms with E-state index < -0.39 is 0 Å². The topological polar surface area (TPSA) is 100 Å². The fourth-order valence-electron chi connectivity index (χ4n) is 4.05. The van der Waals surface area contributed by atoms with Gasteiger partial charge in [-0.2, -0.15) is 0 Å². The minimum absolute atomic E-state index is 0.00218. The zero-order valence-corrected chi connectivity index (χ0v) is 21.1. The van der Waals surface area contributed by atoms with Crippen molar-refractivity contribution in [2.24, 2.45) is 11.8 Å². The van der Waals surface area contributed by atoms with Crippen molar-refractivity contribution < 1.29 is 23.9 Å². The molecule has 1 heterocycles. The van der Waals surface area contributed by atoms with E-state index in [1.54, 1.807) is 42.2 Å². The number of hydrogen-bond acceptors (Lipinski definition) is 5. The van der Waals surface area contributed by atoms with Crippen LogP contribution in [0.5, 0.6) is 5.75 Å². The standard InChI is InChI=1S/C25H38N4O5/c1-15(2)26-25(32)29-12-16(3)22(33-6)13-28(5)24(31)20-10-9-19(27-23(30)18-7-8-18)11-21(20)34-14-17(29)4/h9-11,15-18,22H,7-8,12-14H2,1-6H3,(H,26,32)(H,27,30)/t16-,17-,22+/m1/s1. The van der Waals surface area contributed by atoms with Crippen LogP contribution in [0, 0.1) is 11.8 Å². The second-order valence-corrected chi connectivity index (χ2v) is 9.83. The van der Waals surface area contributed by atoms with Crippen molar-refractivity contribution in [2.75, 3.05) is 39.2 Å². The molecule has 3 atom stereocenters. The number of carbonyl (C=O) groups excluding carboxylic acids is 3. The summed E-state index contributed by atoms with van der Waals surface area (Å²) in [6.45, 7) is 8.80. The lowest BCUT2D eigenvalue weighted by molar-refractivity contribution is -0.117. The molecule has 2 N–H and O–H groups in total. The predicted octanol–water partition coefficient (Wildman–Crippen LogP) is 2.96. The number of hydrogen-bond donors (Lipinski definition) is 2. The normalized spacial score (nSPS) is 24.0. The summed E-state index contributed by atoms with van der Waals surface area (Å²) in [6, 6.07) is 4.67. The number of rotatable bonds is 4. The zero-order chi connectivity index (χ0) is 25.0. The van der Waals surface area contributed by atoms with Crippen LogP contribution < -0.4 is 15.4 Å². The molecule has 2 aliphatic rings. The number of ether oxygens (including phenoxy) is 2. The molecule has 188 valence electrons. The van der Waals surface area contributed by atoms with Gasteiger partial charge in [0.15, 0.2) is 0 Å². The summed E-state index contributed by atoms with van der Waals surface area (Å²) in [4.78, 5) is 41.9. The van der Waals surface area contributed by atoms with Gasteiger partial charge in [-0.1, -0.05) is 6.92 Å². The van der Waals surface area contributed by atoms with E-state index in [2.05, 4.69) is 10.6 Å². The molecule has 0 bridgehead atoms. The Morgan fingerprint density at radius 3 is 2.50 bits per heavy atom. The van der Waals surface area contributed by atoms with Crippen LogP contribution in [-0.2, 0) is 9.53 Å². The quantitative estimate of drug-likeness (QED) is 0.699. The molecule has 1 saturated carbocycles. The van der Waals surface area contributed by atoms with E-state index in [1.807, 2.05) is 27.7 Å². The zero-order valence-electron chi connectivity index (χ0n) is 21.1. The van der Waals surface area contributed by atoms with E-state index in [0.717, 1.165) is 12.8 Å². The van der Waals surface area contributed by atoms with Gasteiger partial charge in [0.1, 0.15) is 12.4 Å². The van der Waals surface area contributed by atoms with E-state index in [9.17, 15) is 14.4 Å². The third-order valence-electron chi connectivity index (χ3n) is 6.34. The summed E-state index contributed by atoms with van der Waals surface area (Å²) in [5.41, 5.74) is 0.990. The summed E-state index contributed by atoms with van der Waals surface area (Å²) in [7, 11) is 3.35. The van der Waals surface area contributed by atoms with Gasteiger partial charge in [-0.25, -0.2) is 4.79 Å². The molecule has 0 radical (unpaired) electrons. The van der Waals surface area contributed by atoms with Crippen LogP contribution in [0.2, 0.25) is 0 Å². The number of likely N-dealkylation sites (N-methyl/N-ethyl adjacent to an activating group) is 1. The van der Waals surface area contributed by atoms with Gasteiger partial charge in [-0.3, -0.25) is 9.59 Å². The van der Waals surface area contributed by atoms with Crippen LogP contribution in [0.4, 0.5) is 10.5 Å². The predicted molar refractivity (Wildman–Crippen MR) is 130 cm³/mol. The summed E-state index contributed by atoms with van der Waals surface area (Å²) in [6.07, 6.45) is 1.56. The molecule has 9 nitrogen and oxygen atoms in total. The first kappa shape index (κ1) is 25.8. The van der Waals surface area contributed by atoms with E-state index in [4.69, 9.17) is 9.47 Å². The molecular formula is C25H38N4O5. The first-order chi connectivity index (χ1) is 16.1. The fraction of sp³-hybridized carbons (Fsp3) is 0.640. The molecule has 9 heteroatoms. The Bertz CT molecular complexity index is 901. The van der Waals surface area contributed by atoms with Crippen molar-refractivity contribution in [3.8, 4) is 5.75 Å². The summed E-state index contributed by atoms with van der Waals surface area (Å²) in [5, 5.41) is 5.88. The molecule has 1 fully saturated rings. The highest BCUT2D eigenvalue weighted by molar-refractivity contribution is 5.99. The largest absolute Gasteiger partial charge is 0.491 e. The first-order valence-corrected chi connectivity index (χ1v) is 12.0. The maximum Gasteiger partial charge on any atom is 0.317 e. The lowest BCUT2D eigenvalue weighted by Gasteiger charge is -2.36. The molecule has 1 aromatic carbocycles. The number of amides is 4. The SMILES string of the molecule is CO[C@H]1CN(C)C(=O)c2ccc(NC(=O)C3CC3)cc2OC[C@@H](C)N(C(=O)NC(C)C)C[C@H]1C. The summed E-state index contributed by atoms with van der Waals surface area (Å²) >= 11 is 0. The molecule has 1 aliphatic heterocycles. The van der Waals surface area contributed by atoms with Crippen LogP contribution >= 0.6 is 0 Å². The van der Waals surface area contributed by atoms with Crippen molar-refractivity contribution in [1.82, 2.24) is 15.1 Å². The minimum atomic E-state index is -0.261. The number of benzene rings is 1. The van der Waals surface area contributed by atoms with Gasteiger partial charge in [-0.05, 0) is 45.7 Å². The molecule has 1 aromatic rings. The van der Waals surface area contributed by atoms with Crippen LogP contribution in [0.3, 0.4) is 0 Å². The highest BCUT2D eigenvalue weighted by atomic mass is 16.5. The molecule has 3 rings (SSSR count). The van der Waals surface area contributed by atoms with E-state index >= 15 is 0 Å². The maximum atomic E-state index is 13.3. The number of fused-ring (bicyclic) bond motifs is 1. The van der Waals surface area contributed by atoms with Crippen LogP contribution in [-0.4, -0.2) is 79.7 Å². The van der Waals surface area contributed by atoms with Gasteiger partial charge in [0.2, 0.25) is 5.91 Å². The van der Waals surface area contributed by atoms with Crippen LogP contribution in [0.25, 0.3) is 0 Å². The molecule has 0 saturated heterocycles. The minimum Gasteiger partial charge on any atom is -0.491 e. The van der Waals surface area contributed by atoms with E-state index in [0.29, 0.717) is 30.1 Å². The van der Waals surface area contributed by atoms with Gasteiger partial charge in [0.05, 0.1) is 17.7 Å². The van der Waals surface area contributed by atoms with Crippen molar-refractivity contribution in [3.05, 3.63) is 23.8 Å². The number of methoxy groups -OCH3 is 1. The number of nitrogens with one attached hydrogen (secondary N) is 2. The Morgan fingerprint density at radius 2 is 1.88 bits per heavy atom. The molecule has 4 amide bonds. The van der Waals surface area contributed by atoms with Crippen molar-refractivity contribution in [1.29, 1.82) is 0 Å². The third-order valence-corrected chi connectivity index (χ3v) is 6.34. The van der Waals surface area contributed by atoms with E-state index in [1.165, 1.54) is 0 Å². The Kier molecular flexibility index (Phi) is 8.41. The maximum absolute atomic E-state index is 13.3. The Morgan fingerprint density at radius 1 is 1.18 bits per heavy atom.